The fraction of sp³-hybridized carbons (Fsp3) is 0.636. The molecule has 0 saturated carbocycles. The Labute approximate surface area is 277 Å². The van der Waals surface area contributed by atoms with Gasteiger partial charge in [-0.15, -0.1) is 0 Å². The first-order valence-corrected chi connectivity index (χ1v) is 15.5. The lowest BCUT2D eigenvalue weighted by Gasteiger charge is -2.33. The summed E-state index contributed by atoms with van der Waals surface area (Å²) in [5.41, 5.74) is 0.135. The van der Waals surface area contributed by atoms with Crippen molar-refractivity contribution in [2.75, 3.05) is 26.5 Å². The van der Waals surface area contributed by atoms with Gasteiger partial charge in [0.05, 0.1) is 7.11 Å². The van der Waals surface area contributed by atoms with Crippen molar-refractivity contribution in [3.8, 4) is 0 Å². The first-order chi connectivity index (χ1) is 21.7. The molecule has 0 heterocycles. The van der Waals surface area contributed by atoms with Crippen LogP contribution in [-0.4, -0.2) is 102 Å². The number of esters is 2. The Kier molecular flexibility index (Phi) is 15.7. The second-order valence-corrected chi connectivity index (χ2v) is 13.2. The predicted octanol–water partition coefficient (Wildman–Crippen LogP) is 4.49. The van der Waals surface area contributed by atoms with Crippen LogP contribution in [0.25, 0.3) is 0 Å². The molecule has 264 valence electrons. The Morgan fingerprint density at radius 2 is 1.30 bits per heavy atom. The summed E-state index contributed by atoms with van der Waals surface area (Å²) >= 11 is 0. The summed E-state index contributed by atoms with van der Waals surface area (Å²) < 4.78 is 21.0. The highest BCUT2D eigenvalue weighted by atomic mass is 16.6. The van der Waals surface area contributed by atoms with E-state index in [1.165, 1.54) is 28.1 Å². The van der Waals surface area contributed by atoms with E-state index in [-0.39, 0.29) is 31.1 Å². The van der Waals surface area contributed by atoms with Gasteiger partial charge in [0.15, 0.2) is 12.2 Å². The van der Waals surface area contributed by atoms with E-state index in [4.69, 9.17) is 14.2 Å². The number of methoxy groups -OCH3 is 1. The number of benzene rings is 1. The van der Waals surface area contributed by atoms with E-state index < -0.39 is 65.9 Å². The number of nitrogens with zero attached hydrogens (tertiary/aromatic N) is 2. The molecular formula is C33H51N3O11. The van der Waals surface area contributed by atoms with Gasteiger partial charge in [-0.1, -0.05) is 39.8 Å². The summed E-state index contributed by atoms with van der Waals surface area (Å²) in [5, 5.41) is 11.8. The number of carboxylic acid groups (broad SMARTS) is 1. The molecule has 0 aliphatic heterocycles. The van der Waals surface area contributed by atoms with Crippen molar-refractivity contribution >= 4 is 41.7 Å². The minimum absolute atomic E-state index is 0.0504. The minimum atomic E-state index is -1.46. The molecule has 0 fully saturated rings. The molecule has 4 atom stereocenters. The number of likely N-dealkylation sites (N-methyl/N-ethyl adjacent to an activating group) is 2. The molecule has 0 aliphatic carbocycles. The van der Waals surface area contributed by atoms with Gasteiger partial charge in [-0.2, -0.15) is 0 Å². The number of amides is 3. The molecule has 1 aromatic carbocycles. The number of nitrogens with one attached hydrogen (secondary N) is 1. The maximum Gasteiger partial charge on any atom is 0.411 e. The second-order valence-electron chi connectivity index (χ2n) is 13.2. The molecule has 0 aliphatic rings. The minimum Gasteiger partial charge on any atom is -0.479 e. The number of hydrogen-bond donors (Lipinski definition) is 2. The number of carbonyl (C=O) groups is 6. The molecule has 1 rings (SSSR count). The molecule has 0 radical (unpaired) electrons. The molecule has 1 aromatic rings. The van der Waals surface area contributed by atoms with E-state index in [0.29, 0.717) is 11.3 Å². The quantitative estimate of drug-likeness (QED) is 0.199. The number of carbonyl (C=O) groups excluding carboxylic acids is 5. The van der Waals surface area contributed by atoms with E-state index in [0.717, 1.165) is 9.80 Å². The smallest absolute Gasteiger partial charge is 0.411 e. The molecule has 14 heteroatoms. The van der Waals surface area contributed by atoms with Gasteiger partial charge < -0.3 is 29.0 Å². The zero-order valence-corrected chi connectivity index (χ0v) is 29.3. The summed E-state index contributed by atoms with van der Waals surface area (Å²) in [6.07, 6.45) is -4.13. The Bertz CT molecular complexity index is 1240. The Balaban J connectivity index is 3.52. The molecule has 2 N–H and O–H groups in total. The highest BCUT2D eigenvalue weighted by Crippen LogP contribution is 2.21. The predicted molar refractivity (Wildman–Crippen MR) is 172 cm³/mol. The van der Waals surface area contributed by atoms with Gasteiger partial charge in [-0.3, -0.25) is 15.0 Å². The van der Waals surface area contributed by atoms with Crippen LogP contribution in [0.15, 0.2) is 24.3 Å². The Morgan fingerprint density at radius 1 is 0.809 bits per heavy atom. The molecular weight excluding hydrogens is 614 g/mol. The average molecular weight is 666 g/mol. The normalized spacial score (nSPS) is 13.9. The van der Waals surface area contributed by atoms with Crippen molar-refractivity contribution in [3.05, 3.63) is 29.8 Å². The second kappa shape index (κ2) is 18.1. The largest absolute Gasteiger partial charge is 0.479 e. The zero-order chi connectivity index (χ0) is 36.2. The third-order valence-corrected chi connectivity index (χ3v) is 6.88. The lowest BCUT2D eigenvalue weighted by Crippen LogP contribution is -2.52. The highest BCUT2D eigenvalue weighted by molar-refractivity contribution is 5.90. The van der Waals surface area contributed by atoms with Crippen LogP contribution in [0.5, 0.6) is 0 Å². The molecule has 14 nitrogen and oxygen atoms in total. The Morgan fingerprint density at radius 3 is 1.74 bits per heavy atom. The van der Waals surface area contributed by atoms with Gasteiger partial charge >= 0.3 is 30.1 Å². The van der Waals surface area contributed by atoms with Crippen molar-refractivity contribution in [1.29, 1.82) is 0 Å². The summed E-state index contributed by atoms with van der Waals surface area (Å²) in [7, 11) is 3.99. The van der Waals surface area contributed by atoms with Crippen LogP contribution in [-0.2, 0) is 44.5 Å². The van der Waals surface area contributed by atoms with Crippen molar-refractivity contribution in [2.45, 2.75) is 105 Å². The van der Waals surface area contributed by atoms with Crippen LogP contribution in [0.1, 0.15) is 73.8 Å². The van der Waals surface area contributed by atoms with Gasteiger partial charge in [0, 0.05) is 26.2 Å². The van der Waals surface area contributed by atoms with Crippen molar-refractivity contribution in [3.63, 3.8) is 0 Å². The Hall–Kier alpha value is -4.36. The summed E-state index contributed by atoms with van der Waals surface area (Å²) in [4.78, 5) is 79.1. The molecule has 0 bridgehead atoms. The van der Waals surface area contributed by atoms with Gasteiger partial charge in [-0.25, -0.2) is 24.0 Å². The number of ether oxygens (including phenoxy) is 4. The molecule has 0 spiro atoms. The van der Waals surface area contributed by atoms with Gasteiger partial charge in [0.1, 0.15) is 17.7 Å². The van der Waals surface area contributed by atoms with Crippen LogP contribution in [0.4, 0.5) is 15.3 Å². The lowest BCUT2D eigenvalue weighted by molar-refractivity contribution is -0.172. The van der Waals surface area contributed by atoms with E-state index in [1.807, 2.05) is 27.7 Å². The van der Waals surface area contributed by atoms with E-state index in [2.05, 4.69) is 10.1 Å². The molecule has 3 amide bonds. The van der Waals surface area contributed by atoms with Crippen molar-refractivity contribution < 1.29 is 52.8 Å². The molecule has 0 unspecified atom stereocenters. The van der Waals surface area contributed by atoms with Crippen LogP contribution in [0.3, 0.4) is 0 Å². The van der Waals surface area contributed by atoms with E-state index in [9.17, 15) is 33.9 Å². The number of carboxylic acids is 1. The maximum absolute atomic E-state index is 14.1. The number of anilines is 1. The molecule has 0 aromatic heterocycles. The topological polar surface area (TPSA) is 178 Å². The number of hydrogen-bond acceptors (Lipinski definition) is 10. The number of aliphatic carboxylic acids is 1. The summed E-state index contributed by atoms with van der Waals surface area (Å²) in [6, 6.07) is 4.09. The standard InChI is InChI=1S/C33H51N3O11/c1-19(2)16-24(29(40)45-21(5)28(38)39)35(9)27(37)26(18-22-12-14-23(15-13-22)34-31(42)44-11)46-30(41)25(17-20(3)4)36(10)32(43)47-33(6,7)8/h12-15,19-21,24-26H,16-18H2,1-11H3,(H,34,42)(H,38,39)/t21-,24+,25+,26-/m1/s1. The first kappa shape index (κ1) is 40.7. The molecule has 47 heavy (non-hydrogen) atoms. The van der Waals surface area contributed by atoms with Gasteiger partial charge in [0.2, 0.25) is 0 Å². The van der Waals surface area contributed by atoms with Crippen LogP contribution in [0.2, 0.25) is 0 Å². The third kappa shape index (κ3) is 13.9. The van der Waals surface area contributed by atoms with Gasteiger partial charge in [0.25, 0.3) is 5.91 Å². The SMILES string of the molecule is COC(=O)Nc1ccc(C[C@@H](OC(=O)[C@H](CC(C)C)N(C)C(=O)OC(C)(C)C)C(=O)N(C)[C@@H](CC(C)C)C(=O)O[C@H](C)C(=O)O)cc1. The highest BCUT2D eigenvalue weighted by Gasteiger charge is 2.39. The van der Waals surface area contributed by atoms with Crippen LogP contribution < -0.4 is 5.32 Å². The van der Waals surface area contributed by atoms with Crippen LogP contribution >= 0.6 is 0 Å². The van der Waals surface area contributed by atoms with Crippen molar-refractivity contribution in [1.82, 2.24) is 9.80 Å². The third-order valence-electron chi connectivity index (χ3n) is 6.88. The average Bonchev–Trinajstić information content (AvgIpc) is 2.96. The number of rotatable bonds is 15. The zero-order valence-electron chi connectivity index (χ0n) is 29.3. The molecule has 0 saturated heterocycles. The lowest BCUT2D eigenvalue weighted by atomic mass is 10.0. The summed E-state index contributed by atoms with van der Waals surface area (Å²) in [5.74, 6) is -4.02. The fourth-order valence-corrected chi connectivity index (χ4v) is 4.37. The van der Waals surface area contributed by atoms with Gasteiger partial charge in [-0.05, 0) is 70.1 Å². The monoisotopic (exact) mass is 665 g/mol. The van der Waals surface area contributed by atoms with Crippen molar-refractivity contribution in [2.24, 2.45) is 11.8 Å². The van der Waals surface area contributed by atoms with E-state index >= 15 is 0 Å². The van der Waals surface area contributed by atoms with Crippen LogP contribution in [0, 0.1) is 11.8 Å². The van der Waals surface area contributed by atoms with E-state index in [1.54, 1.807) is 45.0 Å². The fourth-order valence-electron chi connectivity index (χ4n) is 4.37. The first-order valence-electron chi connectivity index (χ1n) is 15.5. The summed E-state index contributed by atoms with van der Waals surface area (Å²) in [6.45, 7) is 13.7. The maximum atomic E-state index is 14.1.